The zero-order valence-electron chi connectivity index (χ0n) is 11.6. The first-order valence-corrected chi connectivity index (χ1v) is 8.36. The van der Waals surface area contributed by atoms with E-state index in [0.717, 1.165) is 10.2 Å². The third-order valence-corrected chi connectivity index (χ3v) is 5.17. The molecule has 7 heteroatoms. The molecule has 0 saturated heterocycles. The summed E-state index contributed by atoms with van der Waals surface area (Å²) in [6.45, 7) is 0. The van der Waals surface area contributed by atoms with E-state index in [1.54, 1.807) is 17.5 Å². The number of thiophene rings is 1. The van der Waals surface area contributed by atoms with E-state index in [4.69, 9.17) is 4.52 Å². The number of aromatic nitrogens is 2. The van der Waals surface area contributed by atoms with Gasteiger partial charge in [-0.2, -0.15) is 0 Å². The molecule has 0 aliphatic rings. The lowest BCUT2D eigenvalue weighted by molar-refractivity contribution is 0.100. The second kappa shape index (κ2) is 5.53. The summed E-state index contributed by atoms with van der Waals surface area (Å²) >= 11 is 2.58. The summed E-state index contributed by atoms with van der Waals surface area (Å²) in [5.41, 5.74) is 0.919. The minimum absolute atomic E-state index is 0.0247. The molecule has 0 amide bonds. The highest BCUT2D eigenvalue weighted by atomic mass is 32.1. The van der Waals surface area contributed by atoms with Gasteiger partial charge < -0.3 is 4.52 Å². The van der Waals surface area contributed by atoms with Gasteiger partial charge in [0.1, 0.15) is 6.26 Å². The Hall–Kier alpha value is -2.64. The van der Waals surface area contributed by atoms with Crippen molar-refractivity contribution in [3.05, 3.63) is 69.2 Å². The molecule has 0 aliphatic carbocycles. The molecule has 0 aliphatic heterocycles. The van der Waals surface area contributed by atoms with Crippen LogP contribution in [0.2, 0.25) is 0 Å². The van der Waals surface area contributed by atoms with E-state index in [-0.39, 0.29) is 22.8 Å². The molecule has 3 aromatic heterocycles. The SMILES string of the molecule is O=C(c1nc2ccccc2s1)c1conc1C(=O)c1cccs1. The number of nitrogens with zero attached hydrogens (tertiary/aromatic N) is 2. The zero-order valence-corrected chi connectivity index (χ0v) is 13.2. The molecule has 4 aromatic rings. The van der Waals surface area contributed by atoms with Crippen LogP contribution in [0.15, 0.2) is 52.6 Å². The number of ketones is 2. The molecule has 0 unspecified atom stereocenters. The van der Waals surface area contributed by atoms with Crippen LogP contribution in [0.25, 0.3) is 10.2 Å². The maximum atomic E-state index is 12.7. The maximum Gasteiger partial charge on any atom is 0.227 e. The Kier molecular flexibility index (Phi) is 3.36. The zero-order chi connectivity index (χ0) is 15.8. The predicted molar refractivity (Wildman–Crippen MR) is 87.3 cm³/mol. The van der Waals surface area contributed by atoms with Gasteiger partial charge in [0, 0.05) is 0 Å². The fourth-order valence-corrected chi connectivity index (χ4v) is 3.75. The number of fused-ring (bicyclic) bond motifs is 1. The van der Waals surface area contributed by atoms with E-state index in [1.807, 2.05) is 24.3 Å². The summed E-state index contributed by atoms with van der Waals surface area (Å²) < 4.78 is 5.79. The van der Waals surface area contributed by atoms with Crippen LogP contribution in [0.4, 0.5) is 0 Å². The molecule has 0 radical (unpaired) electrons. The highest BCUT2D eigenvalue weighted by Crippen LogP contribution is 2.25. The Bertz CT molecular complexity index is 982. The van der Waals surface area contributed by atoms with Crippen LogP contribution in [-0.2, 0) is 0 Å². The first kappa shape index (κ1) is 14.0. The highest BCUT2D eigenvalue weighted by Gasteiger charge is 2.26. The molecule has 0 saturated carbocycles. The van der Waals surface area contributed by atoms with Gasteiger partial charge in [-0.25, -0.2) is 4.98 Å². The molecular formula is C16H8N2O3S2. The van der Waals surface area contributed by atoms with Gasteiger partial charge in [-0.15, -0.1) is 22.7 Å². The second-order valence-corrected chi connectivity index (χ2v) is 6.68. The third kappa shape index (κ3) is 2.39. The average molecular weight is 340 g/mol. The molecule has 112 valence electrons. The monoisotopic (exact) mass is 340 g/mol. The average Bonchev–Trinajstić information content (AvgIpc) is 3.32. The third-order valence-electron chi connectivity index (χ3n) is 3.26. The van der Waals surface area contributed by atoms with Crippen LogP contribution in [0.1, 0.15) is 30.7 Å². The molecule has 5 nitrogen and oxygen atoms in total. The number of thiazole rings is 1. The van der Waals surface area contributed by atoms with Crippen LogP contribution >= 0.6 is 22.7 Å². The summed E-state index contributed by atoms with van der Waals surface area (Å²) in [6.07, 6.45) is 1.20. The second-order valence-electron chi connectivity index (χ2n) is 4.70. The van der Waals surface area contributed by atoms with Crippen molar-refractivity contribution in [2.45, 2.75) is 0 Å². The van der Waals surface area contributed by atoms with E-state index in [0.29, 0.717) is 9.88 Å². The van der Waals surface area contributed by atoms with Crippen molar-refractivity contribution in [3.8, 4) is 0 Å². The Morgan fingerprint density at radius 2 is 1.91 bits per heavy atom. The van der Waals surface area contributed by atoms with E-state index in [2.05, 4.69) is 10.1 Å². The normalized spacial score (nSPS) is 11.0. The van der Waals surface area contributed by atoms with Crippen LogP contribution in [-0.4, -0.2) is 21.7 Å². The lowest BCUT2D eigenvalue weighted by Gasteiger charge is -1.96. The Balaban J connectivity index is 1.75. The first-order valence-electron chi connectivity index (χ1n) is 6.67. The molecule has 0 N–H and O–H groups in total. The molecule has 3 heterocycles. The van der Waals surface area contributed by atoms with Gasteiger partial charge >= 0.3 is 0 Å². The van der Waals surface area contributed by atoms with Gasteiger partial charge in [0.25, 0.3) is 0 Å². The van der Waals surface area contributed by atoms with Gasteiger partial charge in [-0.1, -0.05) is 23.4 Å². The fraction of sp³-hybridized carbons (Fsp3) is 0. The van der Waals surface area contributed by atoms with E-state index < -0.39 is 0 Å². The van der Waals surface area contributed by atoms with Crippen LogP contribution in [0, 0.1) is 0 Å². The standard InChI is InChI=1S/C16H8N2O3S2/c19-14(16-17-10-4-1-2-5-11(10)23-16)9-8-21-18-13(9)15(20)12-6-3-7-22-12/h1-8H. The molecule has 0 atom stereocenters. The molecule has 23 heavy (non-hydrogen) atoms. The Morgan fingerprint density at radius 3 is 2.70 bits per heavy atom. The van der Waals surface area contributed by atoms with Crippen molar-refractivity contribution in [2.24, 2.45) is 0 Å². The van der Waals surface area contributed by atoms with Gasteiger partial charge in [-0.05, 0) is 23.6 Å². The molecule has 0 bridgehead atoms. The van der Waals surface area contributed by atoms with Gasteiger partial charge in [0.15, 0.2) is 10.7 Å². The lowest BCUT2D eigenvalue weighted by Crippen LogP contribution is -2.08. The van der Waals surface area contributed by atoms with Gasteiger partial charge in [-0.3, -0.25) is 9.59 Å². The van der Waals surface area contributed by atoms with Crippen LogP contribution in [0.5, 0.6) is 0 Å². The smallest absolute Gasteiger partial charge is 0.227 e. The number of para-hydroxylation sites is 1. The van der Waals surface area contributed by atoms with Crippen molar-refractivity contribution in [3.63, 3.8) is 0 Å². The van der Waals surface area contributed by atoms with Crippen molar-refractivity contribution in [1.82, 2.24) is 10.1 Å². The number of carbonyl (C=O) groups is 2. The van der Waals surface area contributed by atoms with Gasteiger partial charge in [0.05, 0.1) is 20.7 Å². The number of rotatable bonds is 4. The quantitative estimate of drug-likeness (QED) is 0.528. The van der Waals surface area contributed by atoms with Crippen molar-refractivity contribution in [1.29, 1.82) is 0 Å². The minimum atomic E-state index is -0.354. The maximum absolute atomic E-state index is 12.7. The van der Waals surface area contributed by atoms with E-state index in [1.165, 1.54) is 28.9 Å². The minimum Gasteiger partial charge on any atom is -0.363 e. The van der Waals surface area contributed by atoms with E-state index >= 15 is 0 Å². The predicted octanol–water partition coefficient (Wildman–Crippen LogP) is 3.81. The van der Waals surface area contributed by atoms with Gasteiger partial charge in [0.2, 0.25) is 11.6 Å². The first-order chi connectivity index (χ1) is 11.2. The summed E-state index contributed by atoms with van der Waals surface area (Å²) in [4.78, 5) is 29.9. The summed E-state index contributed by atoms with van der Waals surface area (Å²) in [7, 11) is 0. The molecule has 0 spiro atoms. The van der Waals surface area contributed by atoms with Crippen molar-refractivity contribution in [2.75, 3.05) is 0 Å². The molecular weight excluding hydrogens is 332 g/mol. The Labute approximate surface area is 138 Å². The molecule has 1 aromatic carbocycles. The molecule has 4 rings (SSSR count). The summed E-state index contributed by atoms with van der Waals surface area (Å²) in [6, 6.07) is 10.9. The van der Waals surface area contributed by atoms with Crippen molar-refractivity contribution >= 4 is 44.5 Å². The van der Waals surface area contributed by atoms with Crippen LogP contribution in [0.3, 0.4) is 0 Å². The number of benzene rings is 1. The molecule has 0 fully saturated rings. The highest BCUT2D eigenvalue weighted by molar-refractivity contribution is 7.20. The topological polar surface area (TPSA) is 73.1 Å². The Morgan fingerprint density at radius 1 is 1.04 bits per heavy atom. The van der Waals surface area contributed by atoms with Crippen LogP contribution < -0.4 is 0 Å². The number of carbonyl (C=O) groups excluding carboxylic acids is 2. The van der Waals surface area contributed by atoms with Crippen molar-refractivity contribution < 1.29 is 14.1 Å². The largest absolute Gasteiger partial charge is 0.363 e. The lowest BCUT2D eigenvalue weighted by atomic mass is 10.1. The summed E-state index contributed by atoms with van der Waals surface area (Å²) in [5, 5.41) is 5.82. The fourth-order valence-electron chi connectivity index (χ4n) is 2.17. The number of hydrogen-bond acceptors (Lipinski definition) is 7. The summed E-state index contributed by atoms with van der Waals surface area (Å²) in [5.74, 6) is -0.675. The number of hydrogen-bond donors (Lipinski definition) is 0. The van der Waals surface area contributed by atoms with E-state index in [9.17, 15) is 9.59 Å².